The summed E-state index contributed by atoms with van der Waals surface area (Å²) < 4.78 is 5.89. The van der Waals surface area contributed by atoms with Gasteiger partial charge in [-0.3, -0.25) is 14.9 Å². The fourth-order valence-electron chi connectivity index (χ4n) is 4.72. The van der Waals surface area contributed by atoms with Crippen molar-refractivity contribution >= 4 is 17.3 Å². The summed E-state index contributed by atoms with van der Waals surface area (Å²) in [6.07, 6.45) is 7.65. The van der Waals surface area contributed by atoms with Crippen molar-refractivity contribution in [2.45, 2.75) is 57.1 Å². The summed E-state index contributed by atoms with van der Waals surface area (Å²) in [5.41, 5.74) is 1.29. The smallest absolute Gasteiger partial charge is 0.270 e. The second-order valence-electron chi connectivity index (χ2n) is 7.77. The Hall–Kier alpha value is -2.15. The maximum atomic E-state index is 13.5. The minimum atomic E-state index is -0.417. The molecule has 27 heavy (non-hydrogen) atoms. The molecular formula is C20H27N3O4. The van der Waals surface area contributed by atoms with Crippen LogP contribution in [0.15, 0.2) is 18.2 Å². The summed E-state index contributed by atoms with van der Waals surface area (Å²) in [5, 5.41) is 11.3. The number of morpholine rings is 1. The number of carbonyl (C=O) groups excluding carboxylic acids is 1. The molecule has 1 amide bonds. The molecule has 2 heterocycles. The standard InChI is InChI=1S/C20H27N3O4/c24-20(22-12-13-27-19-7-3-2-6-18(19)22)16-14-15(23(25)26)8-9-17(16)21-10-4-1-5-11-21/h8-9,14,18-19H,1-7,10-13H2. The predicted octanol–water partition coefficient (Wildman–Crippen LogP) is 3.37. The van der Waals surface area contributed by atoms with E-state index < -0.39 is 4.92 Å². The van der Waals surface area contributed by atoms with E-state index in [1.54, 1.807) is 6.07 Å². The Balaban J connectivity index is 1.68. The monoisotopic (exact) mass is 373 g/mol. The Bertz CT molecular complexity index is 715. The van der Waals surface area contributed by atoms with Crippen LogP contribution in [-0.4, -0.2) is 54.1 Å². The predicted molar refractivity (Wildman–Crippen MR) is 102 cm³/mol. The summed E-state index contributed by atoms with van der Waals surface area (Å²) in [4.78, 5) is 28.5. The molecule has 4 rings (SSSR count). The van der Waals surface area contributed by atoms with Gasteiger partial charge in [0.15, 0.2) is 0 Å². The summed E-state index contributed by atoms with van der Waals surface area (Å²) in [7, 11) is 0. The molecule has 2 saturated heterocycles. The number of fused-ring (bicyclic) bond motifs is 1. The zero-order chi connectivity index (χ0) is 18.8. The molecule has 146 valence electrons. The summed E-state index contributed by atoms with van der Waals surface area (Å²) in [5.74, 6) is -0.0838. The summed E-state index contributed by atoms with van der Waals surface area (Å²) in [6.45, 7) is 2.89. The van der Waals surface area contributed by atoms with Crippen LogP contribution in [0, 0.1) is 10.1 Å². The SMILES string of the molecule is O=C(c1cc([N+](=O)[O-])ccc1N1CCCCC1)N1CCOC2CCCCC21. The normalized spacial score (nSPS) is 25.8. The lowest BCUT2D eigenvalue weighted by molar-refractivity contribution is -0.384. The van der Waals surface area contributed by atoms with Gasteiger partial charge in [0.2, 0.25) is 0 Å². The molecule has 0 radical (unpaired) electrons. The number of nitro benzene ring substituents is 1. The Morgan fingerprint density at radius 3 is 2.63 bits per heavy atom. The van der Waals surface area contributed by atoms with Gasteiger partial charge in [-0.1, -0.05) is 12.8 Å². The molecule has 0 spiro atoms. The van der Waals surface area contributed by atoms with Gasteiger partial charge in [-0.25, -0.2) is 0 Å². The zero-order valence-corrected chi connectivity index (χ0v) is 15.6. The van der Waals surface area contributed by atoms with Gasteiger partial charge in [-0.05, 0) is 38.2 Å². The average molecular weight is 373 g/mol. The molecule has 2 unspecified atom stereocenters. The van der Waals surface area contributed by atoms with Crippen LogP contribution in [0.2, 0.25) is 0 Å². The Morgan fingerprint density at radius 2 is 1.85 bits per heavy atom. The fourth-order valence-corrected chi connectivity index (χ4v) is 4.72. The maximum Gasteiger partial charge on any atom is 0.270 e. The van der Waals surface area contributed by atoms with E-state index >= 15 is 0 Å². The molecule has 0 N–H and O–H groups in total. The second-order valence-corrected chi connectivity index (χ2v) is 7.77. The van der Waals surface area contributed by atoms with Crippen molar-refractivity contribution in [2.24, 2.45) is 0 Å². The largest absolute Gasteiger partial charge is 0.374 e. The molecule has 1 aromatic carbocycles. The Kier molecular flexibility index (Phi) is 5.29. The van der Waals surface area contributed by atoms with Gasteiger partial charge in [-0.15, -0.1) is 0 Å². The van der Waals surface area contributed by atoms with Crippen LogP contribution in [0.3, 0.4) is 0 Å². The van der Waals surface area contributed by atoms with Crippen molar-refractivity contribution in [3.05, 3.63) is 33.9 Å². The van der Waals surface area contributed by atoms with Gasteiger partial charge in [0.25, 0.3) is 11.6 Å². The van der Waals surface area contributed by atoms with Crippen LogP contribution >= 0.6 is 0 Å². The highest BCUT2D eigenvalue weighted by Gasteiger charge is 2.38. The van der Waals surface area contributed by atoms with E-state index in [9.17, 15) is 14.9 Å². The summed E-state index contributed by atoms with van der Waals surface area (Å²) >= 11 is 0. The molecule has 1 aromatic rings. The number of piperidine rings is 1. The third-order valence-corrected chi connectivity index (χ3v) is 6.11. The van der Waals surface area contributed by atoms with E-state index in [4.69, 9.17) is 4.74 Å². The molecule has 3 fully saturated rings. The quantitative estimate of drug-likeness (QED) is 0.600. The van der Waals surface area contributed by atoms with Crippen molar-refractivity contribution in [1.82, 2.24) is 4.90 Å². The number of nitrogens with zero attached hydrogens (tertiary/aromatic N) is 3. The first-order valence-corrected chi connectivity index (χ1v) is 10.1. The first-order valence-electron chi connectivity index (χ1n) is 10.1. The number of nitro groups is 1. The second kappa shape index (κ2) is 7.84. The van der Waals surface area contributed by atoms with E-state index in [-0.39, 0.29) is 23.7 Å². The first kappa shape index (κ1) is 18.2. The van der Waals surface area contributed by atoms with Crippen molar-refractivity contribution in [1.29, 1.82) is 0 Å². The number of ether oxygens (including phenoxy) is 1. The van der Waals surface area contributed by atoms with Crippen molar-refractivity contribution in [2.75, 3.05) is 31.1 Å². The van der Waals surface area contributed by atoms with Crippen molar-refractivity contribution < 1.29 is 14.5 Å². The molecule has 2 atom stereocenters. The molecule has 0 bridgehead atoms. The van der Waals surface area contributed by atoms with E-state index in [1.807, 2.05) is 4.90 Å². The van der Waals surface area contributed by atoms with Crippen molar-refractivity contribution in [3.8, 4) is 0 Å². The number of carbonyl (C=O) groups is 1. The summed E-state index contributed by atoms with van der Waals surface area (Å²) in [6, 6.07) is 4.84. The van der Waals surface area contributed by atoms with Gasteiger partial charge < -0.3 is 14.5 Å². The number of hydrogen-bond donors (Lipinski definition) is 0. The van der Waals surface area contributed by atoms with Gasteiger partial charge >= 0.3 is 0 Å². The zero-order valence-electron chi connectivity index (χ0n) is 15.6. The highest BCUT2D eigenvalue weighted by molar-refractivity contribution is 6.00. The molecular weight excluding hydrogens is 346 g/mol. The molecule has 2 aliphatic heterocycles. The first-order chi connectivity index (χ1) is 13.1. The van der Waals surface area contributed by atoms with Gasteiger partial charge in [0, 0.05) is 31.8 Å². The molecule has 0 aromatic heterocycles. The number of benzene rings is 1. The molecule has 3 aliphatic rings. The third kappa shape index (κ3) is 3.65. The van der Waals surface area contributed by atoms with E-state index in [0.717, 1.165) is 57.3 Å². The molecule has 1 aliphatic carbocycles. The average Bonchev–Trinajstić information content (AvgIpc) is 2.73. The van der Waals surface area contributed by atoms with Crippen LogP contribution < -0.4 is 4.90 Å². The lowest BCUT2D eigenvalue weighted by Gasteiger charge is -2.44. The number of hydrogen-bond acceptors (Lipinski definition) is 5. The number of rotatable bonds is 3. The van der Waals surface area contributed by atoms with E-state index in [0.29, 0.717) is 18.7 Å². The molecule has 1 saturated carbocycles. The topological polar surface area (TPSA) is 75.9 Å². The Labute approximate surface area is 159 Å². The lowest BCUT2D eigenvalue weighted by atomic mass is 9.89. The van der Waals surface area contributed by atoms with Crippen LogP contribution in [0.4, 0.5) is 11.4 Å². The van der Waals surface area contributed by atoms with Crippen LogP contribution in [0.5, 0.6) is 0 Å². The van der Waals surface area contributed by atoms with E-state index in [1.165, 1.54) is 18.6 Å². The van der Waals surface area contributed by atoms with Gasteiger partial charge in [0.1, 0.15) is 0 Å². The number of anilines is 1. The highest BCUT2D eigenvalue weighted by atomic mass is 16.6. The highest BCUT2D eigenvalue weighted by Crippen LogP contribution is 2.33. The van der Waals surface area contributed by atoms with E-state index in [2.05, 4.69) is 4.90 Å². The number of amides is 1. The maximum absolute atomic E-state index is 13.5. The lowest BCUT2D eigenvalue weighted by Crippen LogP contribution is -2.55. The van der Waals surface area contributed by atoms with Crippen LogP contribution in [0.25, 0.3) is 0 Å². The fraction of sp³-hybridized carbons (Fsp3) is 0.650. The molecule has 7 nitrogen and oxygen atoms in total. The van der Waals surface area contributed by atoms with Gasteiger partial charge in [0.05, 0.1) is 34.9 Å². The van der Waals surface area contributed by atoms with Crippen LogP contribution in [0.1, 0.15) is 55.3 Å². The minimum Gasteiger partial charge on any atom is -0.374 e. The third-order valence-electron chi connectivity index (χ3n) is 6.11. The molecule has 7 heteroatoms. The Morgan fingerprint density at radius 1 is 1.07 bits per heavy atom. The number of non-ortho nitro benzene ring substituents is 1. The van der Waals surface area contributed by atoms with Crippen LogP contribution in [-0.2, 0) is 4.74 Å². The minimum absolute atomic E-state index is 0.0208. The van der Waals surface area contributed by atoms with Crippen molar-refractivity contribution in [3.63, 3.8) is 0 Å². The van der Waals surface area contributed by atoms with Gasteiger partial charge in [-0.2, -0.15) is 0 Å².